The van der Waals surface area contributed by atoms with Crippen LogP contribution in [0.25, 0.3) is 0 Å². The molecule has 0 aromatic heterocycles. The van der Waals surface area contributed by atoms with Crippen LogP contribution in [0.5, 0.6) is 5.75 Å². The second-order valence-electron chi connectivity index (χ2n) is 5.12. The Morgan fingerprint density at radius 1 is 1.09 bits per heavy atom. The zero-order valence-electron chi connectivity index (χ0n) is 13.7. The number of imide groups is 1. The van der Waals surface area contributed by atoms with Crippen molar-refractivity contribution in [1.29, 1.82) is 0 Å². The van der Waals surface area contributed by atoms with E-state index in [0.717, 1.165) is 25.7 Å². The maximum Gasteiger partial charge on any atom is 0.283 e. The predicted molar refractivity (Wildman–Crippen MR) is 86.1 cm³/mol. The molecule has 0 unspecified atom stereocenters. The molecule has 1 aromatic carbocycles. The molecule has 6 heteroatoms. The lowest BCUT2D eigenvalue weighted by Crippen LogP contribution is -2.42. The fourth-order valence-electron chi connectivity index (χ4n) is 1.77. The summed E-state index contributed by atoms with van der Waals surface area (Å²) in [6.07, 6.45) is 2.34. The van der Waals surface area contributed by atoms with Crippen LogP contribution in [0.3, 0.4) is 0 Å². The summed E-state index contributed by atoms with van der Waals surface area (Å²) < 4.78 is 10.8. The maximum atomic E-state index is 12.2. The van der Waals surface area contributed by atoms with E-state index in [1.807, 2.05) is 13.8 Å². The van der Waals surface area contributed by atoms with Crippen LogP contribution in [-0.2, 0) is 14.3 Å². The summed E-state index contributed by atoms with van der Waals surface area (Å²) in [6, 6.07) is 6.01. The highest BCUT2D eigenvalue weighted by molar-refractivity contribution is 6.06. The van der Waals surface area contributed by atoms with Gasteiger partial charge in [0.15, 0.2) is 0 Å². The largest absolute Gasteiger partial charge is 0.507 e. The average Bonchev–Trinajstić information content (AvgIpc) is 2.54. The molecule has 1 rings (SSSR count). The van der Waals surface area contributed by atoms with Crippen molar-refractivity contribution in [2.45, 2.75) is 45.8 Å². The third-order valence-corrected chi connectivity index (χ3v) is 3.13. The lowest BCUT2D eigenvalue weighted by molar-refractivity contribution is -0.172. The fraction of sp³-hybridized carbons (Fsp3) is 0.529. The van der Waals surface area contributed by atoms with Crippen LogP contribution >= 0.6 is 0 Å². The van der Waals surface area contributed by atoms with E-state index in [1.165, 1.54) is 12.1 Å². The monoisotopic (exact) mass is 323 g/mol. The molecular formula is C17H25NO5. The smallest absolute Gasteiger partial charge is 0.283 e. The first kappa shape index (κ1) is 19.1. The number of aromatic hydroxyl groups is 1. The first-order valence-corrected chi connectivity index (χ1v) is 7.96. The topological polar surface area (TPSA) is 84.9 Å². The molecule has 0 bridgehead atoms. The van der Waals surface area contributed by atoms with E-state index in [1.54, 1.807) is 12.1 Å². The van der Waals surface area contributed by atoms with Crippen molar-refractivity contribution in [3.05, 3.63) is 29.8 Å². The Morgan fingerprint density at radius 2 is 1.65 bits per heavy atom. The highest BCUT2D eigenvalue weighted by Crippen LogP contribution is 2.15. The number of carbonyl (C=O) groups excluding carboxylic acids is 2. The molecule has 0 spiro atoms. The Labute approximate surface area is 136 Å². The van der Waals surface area contributed by atoms with Gasteiger partial charge in [-0.2, -0.15) is 0 Å². The molecule has 0 saturated heterocycles. The molecule has 23 heavy (non-hydrogen) atoms. The first-order chi connectivity index (χ1) is 11.1. The van der Waals surface area contributed by atoms with Gasteiger partial charge in [0.25, 0.3) is 11.8 Å². The number of phenols is 1. The number of carbonyl (C=O) groups is 2. The molecule has 0 aliphatic rings. The van der Waals surface area contributed by atoms with Gasteiger partial charge in [-0.3, -0.25) is 14.9 Å². The number of hydrogen-bond donors (Lipinski definition) is 2. The van der Waals surface area contributed by atoms with Gasteiger partial charge in [-0.1, -0.05) is 38.8 Å². The van der Waals surface area contributed by atoms with Crippen LogP contribution < -0.4 is 5.32 Å². The molecule has 2 N–H and O–H groups in total. The van der Waals surface area contributed by atoms with Crippen molar-refractivity contribution in [1.82, 2.24) is 5.32 Å². The van der Waals surface area contributed by atoms with Crippen LogP contribution in [0.4, 0.5) is 0 Å². The van der Waals surface area contributed by atoms with E-state index < -0.39 is 18.1 Å². The van der Waals surface area contributed by atoms with E-state index in [4.69, 9.17) is 9.47 Å². The minimum absolute atomic E-state index is 0.0294. The number of phenolic OH excluding ortho intramolecular Hbond substituents is 1. The van der Waals surface area contributed by atoms with Gasteiger partial charge in [0.1, 0.15) is 5.75 Å². The molecule has 0 aliphatic heterocycles. The molecule has 0 radical (unpaired) electrons. The van der Waals surface area contributed by atoms with Crippen molar-refractivity contribution in [2.75, 3.05) is 13.2 Å². The van der Waals surface area contributed by atoms with Gasteiger partial charge in [-0.15, -0.1) is 0 Å². The van der Waals surface area contributed by atoms with Crippen LogP contribution in [-0.4, -0.2) is 36.4 Å². The number of hydrogen-bond acceptors (Lipinski definition) is 5. The van der Waals surface area contributed by atoms with E-state index in [9.17, 15) is 14.7 Å². The van der Waals surface area contributed by atoms with Crippen molar-refractivity contribution in [3.63, 3.8) is 0 Å². The minimum Gasteiger partial charge on any atom is -0.507 e. The van der Waals surface area contributed by atoms with Gasteiger partial charge >= 0.3 is 0 Å². The molecule has 0 heterocycles. The standard InChI is InChI=1S/C17H25NO5/c1-3-5-11-22-17(23-12-6-4-2)16(21)18-15(20)13-9-7-8-10-14(13)19/h7-10,17,19H,3-6,11-12H2,1-2H3,(H,18,20,21). The Bertz CT molecular complexity index is 494. The summed E-state index contributed by atoms with van der Waals surface area (Å²) in [5.74, 6) is -1.53. The molecule has 0 saturated carbocycles. The quantitative estimate of drug-likeness (QED) is 0.511. The van der Waals surface area contributed by atoms with E-state index in [0.29, 0.717) is 13.2 Å². The summed E-state index contributed by atoms with van der Waals surface area (Å²) in [5, 5.41) is 11.8. The van der Waals surface area contributed by atoms with E-state index in [-0.39, 0.29) is 11.3 Å². The minimum atomic E-state index is -1.12. The lowest BCUT2D eigenvalue weighted by Gasteiger charge is -2.17. The van der Waals surface area contributed by atoms with Crippen molar-refractivity contribution >= 4 is 11.8 Å². The average molecular weight is 323 g/mol. The van der Waals surface area contributed by atoms with Crippen LogP contribution in [0.1, 0.15) is 49.9 Å². The van der Waals surface area contributed by atoms with E-state index in [2.05, 4.69) is 5.32 Å². The zero-order chi connectivity index (χ0) is 17.1. The molecular weight excluding hydrogens is 298 g/mol. The third kappa shape index (κ3) is 6.80. The number of benzene rings is 1. The van der Waals surface area contributed by atoms with E-state index >= 15 is 0 Å². The number of unbranched alkanes of at least 4 members (excludes halogenated alkanes) is 2. The highest BCUT2D eigenvalue weighted by atomic mass is 16.7. The summed E-state index contributed by atoms with van der Waals surface area (Å²) >= 11 is 0. The molecule has 1 aromatic rings. The van der Waals surface area contributed by atoms with Crippen molar-refractivity contribution in [3.8, 4) is 5.75 Å². The number of ether oxygens (including phenoxy) is 2. The van der Waals surface area contributed by atoms with Gasteiger partial charge in [0.05, 0.1) is 18.8 Å². The van der Waals surface area contributed by atoms with Gasteiger partial charge in [-0.05, 0) is 25.0 Å². The number of para-hydroxylation sites is 1. The lowest BCUT2D eigenvalue weighted by atomic mass is 10.2. The molecule has 2 amide bonds. The van der Waals surface area contributed by atoms with Crippen molar-refractivity contribution < 1.29 is 24.2 Å². The SMILES string of the molecule is CCCCOC(OCCCC)C(=O)NC(=O)c1ccccc1O. The molecule has 0 atom stereocenters. The summed E-state index contributed by atoms with van der Waals surface area (Å²) in [6.45, 7) is 4.78. The van der Waals surface area contributed by atoms with Gasteiger partial charge in [-0.25, -0.2) is 0 Å². The van der Waals surface area contributed by atoms with Crippen molar-refractivity contribution in [2.24, 2.45) is 0 Å². The summed E-state index contributed by atoms with van der Waals surface area (Å²) in [5.41, 5.74) is 0.0294. The number of nitrogens with one attached hydrogen (secondary N) is 1. The van der Waals surface area contributed by atoms with Gasteiger partial charge < -0.3 is 14.6 Å². The second kappa shape index (κ2) is 10.7. The number of amides is 2. The normalized spacial score (nSPS) is 10.7. The Hall–Kier alpha value is -1.92. The van der Waals surface area contributed by atoms with Gasteiger partial charge in [0, 0.05) is 0 Å². The Kier molecular flexibility index (Phi) is 8.94. The molecule has 0 fully saturated rings. The second-order valence-corrected chi connectivity index (χ2v) is 5.12. The summed E-state index contributed by atoms with van der Waals surface area (Å²) in [4.78, 5) is 24.2. The Balaban J connectivity index is 2.63. The predicted octanol–water partition coefficient (Wildman–Crippen LogP) is 2.61. The highest BCUT2D eigenvalue weighted by Gasteiger charge is 2.23. The van der Waals surface area contributed by atoms with Crippen LogP contribution in [0.2, 0.25) is 0 Å². The Morgan fingerprint density at radius 3 is 2.17 bits per heavy atom. The molecule has 6 nitrogen and oxygen atoms in total. The third-order valence-electron chi connectivity index (χ3n) is 3.13. The zero-order valence-corrected chi connectivity index (χ0v) is 13.7. The fourth-order valence-corrected chi connectivity index (χ4v) is 1.77. The van der Waals surface area contributed by atoms with Gasteiger partial charge in [0.2, 0.25) is 6.29 Å². The maximum absolute atomic E-state index is 12.2. The molecule has 0 aliphatic carbocycles. The molecule has 128 valence electrons. The summed E-state index contributed by atoms with van der Waals surface area (Å²) in [7, 11) is 0. The first-order valence-electron chi connectivity index (χ1n) is 7.96. The van der Waals surface area contributed by atoms with Crippen LogP contribution in [0.15, 0.2) is 24.3 Å². The van der Waals surface area contributed by atoms with Crippen LogP contribution in [0, 0.1) is 0 Å². The number of rotatable bonds is 10.